The molecule has 0 radical (unpaired) electrons. The number of thiazole rings is 1. The Morgan fingerprint density at radius 3 is 2.83 bits per heavy atom. The van der Waals surface area contributed by atoms with E-state index < -0.39 is 5.82 Å². The van der Waals surface area contributed by atoms with Crippen LogP contribution in [0.1, 0.15) is 23.5 Å². The molecule has 4 nitrogen and oxygen atoms in total. The summed E-state index contributed by atoms with van der Waals surface area (Å²) in [5.41, 5.74) is 2.03. The molecule has 0 saturated carbocycles. The Hall–Kier alpha value is -2.49. The summed E-state index contributed by atoms with van der Waals surface area (Å²) in [7, 11) is 0. The zero-order valence-corrected chi connectivity index (χ0v) is 14.2. The average molecular weight is 359 g/mol. The van der Waals surface area contributed by atoms with Crippen LogP contribution in [0.15, 0.2) is 41.9 Å². The van der Waals surface area contributed by atoms with Gasteiger partial charge in [0.25, 0.3) is 0 Å². The number of hydrogen-bond donors (Lipinski definition) is 1. The molecule has 2 heterocycles. The highest BCUT2D eigenvalue weighted by Gasteiger charge is 2.13. The van der Waals surface area contributed by atoms with E-state index in [0.29, 0.717) is 11.4 Å². The molecule has 3 aromatic rings. The summed E-state index contributed by atoms with van der Waals surface area (Å²) in [6.07, 6.45) is 1.52. The lowest BCUT2D eigenvalue weighted by Crippen LogP contribution is -2.07. The molecular weight excluding hydrogens is 347 g/mol. The summed E-state index contributed by atoms with van der Waals surface area (Å²) in [4.78, 5) is 8.76. The Balaban J connectivity index is 1.76. The van der Waals surface area contributed by atoms with Gasteiger partial charge in [-0.2, -0.15) is 5.26 Å². The second kappa shape index (κ2) is 6.95. The molecule has 7 heteroatoms. The van der Waals surface area contributed by atoms with Crippen LogP contribution in [-0.4, -0.2) is 9.97 Å². The Morgan fingerprint density at radius 2 is 2.17 bits per heavy atom. The second-order valence-electron chi connectivity index (χ2n) is 5.11. The molecular formula is C17H12ClFN4S. The van der Waals surface area contributed by atoms with E-state index in [1.807, 2.05) is 18.4 Å². The van der Waals surface area contributed by atoms with Crippen LogP contribution in [0.5, 0.6) is 0 Å². The van der Waals surface area contributed by atoms with Crippen molar-refractivity contribution in [2.75, 3.05) is 5.32 Å². The Labute approximate surface area is 147 Å². The van der Waals surface area contributed by atoms with Gasteiger partial charge < -0.3 is 5.32 Å². The van der Waals surface area contributed by atoms with Crippen molar-refractivity contribution in [3.05, 3.63) is 63.3 Å². The third-order valence-electron chi connectivity index (χ3n) is 3.36. The maximum atomic E-state index is 13.3. The summed E-state index contributed by atoms with van der Waals surface area (Å²) >= 11 is 7.32. The Morgan fingerprint density at radius 1 is 1.33 bits per heavy atom. The van der Waals surface area contributed by atoms with Gasteiger partial charge in [0.05, 0.1) is 22.3 Å². The predicted octanol–water partition coefficient (Wildman–Crippen LogP) is 5.04. The van der Waals surface area contributed by atoms with Crippen LogP contribution in [0.4, 0.5) is 10.2 Å². The number of nitrogens with one attached hydrogen (secondary N) is 1. The van der Waals surface area contributed by atoms with E-state index >= 15 is 0 Å². The number of aromatic nitrogens is 2. The summed E-state index contributed by atoms with van der Waals surface area (Å²) in [6, 6.07) is 9.98. The lowest BCUT2D eigenvalue weighted by molar-refractivity contribution is 0.628. The maximum Gasteiger partial charge on any atom is 0.141 e. The smallest absolute Gasteiger partial charge is 0.141 e. The Kier molecular flexibility index (Phi) is 4.74. The van der Waals surface area contributed by atoms with Crippen LogP contribution in [-0.2, 0) is 0 Å². The van der Waals surface area contributed by atoms with E-state index in [1.54, 1.807) is 24.3 Å². The molecule has 1 N–H and O–H groups in total. The Bertz CT molecular complexity index is 902. The quantitative estimate of drug-likeness (QED) is 0.709. The number of rotatable bonds is 4. The minimum absolute atomic E-state index is 0.0555. The third kappa shape index (κ3) is 3.53. The molecule has 1 aromatic carbocycles. The summed E-state index contributed by atoms with van der Waals surface area (Å²) in [5.74, 6) is 0.223. The fourth-order valence-electron chi connectivity index (χ4n) is 2.10. The number of anilines is 1. The van der Waals surface area contributed by atoms with Crippen molar-refractivity contribution in [2.24, 2.45) is 0 Å². The van der Waals surface area contributed by atoms with Crippen molar-refractivity contribution in [1.29, 1.82) is 5.26 Å². The molecule has 0 amide bonds. The number of halogens is 2. The molecule has 24 heavy (non-hydrogen) atoms. The van der Waals surface area contributed by atoms with Gasteiger partial charge in [0, 0.05) is 17.1 Å². The van der Waals surface area contributed by atoms with Gasteiger partial charge in [-0.1, -0.05) is 11.6 Å². The second-order valence-corrected chi connectivity index (χ2v) is 6.41. The van der Waals surface area contributed by atoms with Crippen LogP contribution < -0.4 is 5.32 Å². The van der Waals surface area contributed by atoms with E-state index in [9.17, 15) is 4.39 Å². The zero-order chi connectivity index (χ0) is 17.1. The first-order valence-corrected chi connectivity index (χ1v) is 8.36. The molecule has 120 valence electrons. The summed E-state index contributed by atoms with van der Waals surface area (Å²) < 4.78 is 13.3. The molecule has 2 aromatic heterocycles. The molecule has 0 spiro atoms. The lowest BCUT2D eigenvalue weighted by atomic mass is 10.2. The van der Waals surface area contributed by atoms with Crippen LogP contribution in [0.2, 0.25) is 5.02 Å². The minimum Gasteiger partial charge on any atom is -0.361 e. The monoisotopic (exact) mass is 358 g/mol. The molecule has 0 aliphatic carbocycles. The van der Waals surface area contributed by atoms with Crippen LogP contribution in [0.3, 0.4) is 0 Å². The van der Waals surface area contributed by atoms with E-state index in [4.69, 9.17) is 16.9 Å². The van der Waals surface area contributed by atoms with Gasteiger partial charge in [0.15, 0.2) is 0 Å². The summed E-state index contributed by atoms with van der Waals surface area (Å²) in [6.45, 7) is 1.97. The largest absolute Gasteiger partial charge is 0.361 e. The lowest BCUT2D eigenvalue weighted by Gasteiger charge is -2.11. The molecule has 0 unspecified atom stereocenters. The van der Waals surface area contributed by atoms with Crippen molar-refractivity contribution >= 4 is 28.8 Å². The van der Waals surface area contributed by atoms with Gasteiger partial charge in [-0.15, -0.1) is 11.3 Å². The third-order valence-corrected chi connectivity index (χ3v) is 4.68. The molecule has 3 rings (SSSR count). The first-order valence-electron chi connectivity index (χ1n) is 7.10. The predicted molar refractivity (Wildman–Crippen MR) is 93.5 cm³/mol. The molecule has 0 aliphatic heterocycles. The van der Waals surface area contributed by atoms with E-state index in [1.165, 1.54) is 23.6 Å². The van der Waals surface area contributed by atoms with E-state index in [2.05, 4.69) is 15.3 Å². The highest BCUT2D eigenvalue weighted by Crippen LogP contribution is 2.29. The molecule has 1 atom stereocenters. The van der Waals surface area contributed by atoms with E-state index in [-0.39, 0.29) is 11.1 Å². The number of hydrogen-bond acceptors (Lipinski definition) is 5. The van der Waals surface area contributed by atoms with Gasteiger partial charge in [-0.3, -0.25) is 0 Å². The SMILES string of the molecule is C[C@H](Nc1ccc(C#N)cn1)c1nc(-c2ccc(F)c(Cl)c2)cs1. The van der Waals surface area contributed by atoms with Gasteiger partial charge >= 0.3 is 0 Å². The number of benzene rings is 1. The fraction of sp³-hybridized carbons (Fsp3) is 0.118. The zero-order valence-electron chi connectivity index (χ0n) is 12.6. The fourth-order valence-corrected chi connectivity index (χ4v) is 3.12. The average Bonchev–Trinajstić information content (AvgIpc) is 3.08. The number of nitrogens with zero attached hydrogens (tertiary/aromatic N) is 3. The maximum absolute atomic E-state index is 13.3. The van der Waals surface area contributed by atoms with Crippen LogP contribution in [0, 0.1) is 17.1 Å². The molecule has 0 bridgehead atoms. The van der Waals surface area contributed by atoms with Crippen molar-refractivity contribution in [3.8, 4) is 17.3 Å². The van der Waals surface area contributed by atoms with Gasteiger partial charge in [0.2, 0.25) is 0 Å². The summed E-state index contributed by atoms with van der Waals surface area (Å²) in [5, 5.41) is 14.9. The molecule has 0 saturated heterocycles. The van der Waals surface area contributed by atoms with Crippen molar-refractivity contribution in [2.45, 2.75) is 13.0 Å². The van der Waals surface area contributed by atoms with E-state index in [0.717, 1.165) is 16.3 Å². The first kappa shape index (κ1) is 16.4. The minimum atomic E-state index is -0.446. The highest BCUT2D eigenvalue weighted by atomic mass is 35.5. The van der Waals surface area contributed by atoms with Crippen LogP contribution >= 0.6 is 22.9 Å². The van der Waals surface area contributed by atoms with Crippen molar-refractivity contribution in [1.82, 2.24) is 9.97 Å². The normalized spacial score (nSPS) is 11.8. The highest BCUT2D eigenvalue weighted by molar-refractivity contribution is 7.10. The number of pyridine rings is 1. The van der Waals surface area contributed by atoms with Gasteiger partial charge in [0.1, 0.15) is 22.7 Å². The first-order chi connectivity index (χ1) is 11.6. The molecule has 0 aliphatic rings. The van der Waals surface area contributed by atoms with Crippen LogP contribution in [0.25, 0.3) is 11.3 Å². The standard InChI is InChI=1S/C17H12ClFN4S/c1-10(22-16-5-2-11(7-20)8-21-16)17-23-15(9-24-17)12-3-4-14(19)13(18)6-12/h2-6,8-10H,1H3,(H,21,22)/t10-/m0/s1. The van der Waals surface area contributed by atoms with Gasteiger partial charge in [-0.05, 0) is 37.3 Å². The van der Waals surface area contributed by atoms with Crippen molar-refractivity contribution < 1.29 is 4.39 Å². The van der Waals surface area contributed by atoms with Gasteiger partial charge in [-0.25, -0.2) is 14.4 Å². The van der Waals surface area contributed by atoms with Crippen molar-refractivity contribution in [3.63, 3.8) is 0 Å². The molecule has 0 fully saturated rings. The topological polar surface area (TPSA) is 61.6 Å². The number of nitriles is 1.